The molecule has 0 N–H and O–H groups in total. The molecule has 0 aliphatic heterocycles. The number of rotatable bonds is 6. The number of aromatic nitrogens is 4. The fourth-order valence-corrected chi connectivity index (χ4v) is 3.91. The van der Waals surface area contributed by atoms with Crippen LogP contribution in [0.4, 0.5) is 5.13 Å². The summed E-state index contributed by atoms with van der Waals surface area (Å²) < 4.78 is 7.94. The van der Waals surface area contributed by atoms with E-state index in [1.807, 2.05) is 43.3 Å². The Balaban J connectivity index is 1.77. The van der Waals surface area contributed by atoms with Gasteiger partial charge < -0.3 is 4.74 Å². The SMILES string of the molecule is CCn1nccc1C(=O)N(Cc1ccccn1)c1nc2ccc(OC)cc2s1. The van der Waals surface area contributed by atoms with Crippen LogP contribution in [-0.2, 0) is 13.1 Å². The van der Waals surface area contributed by atoms with Gasteiger partial charge in [-0.2, -0.15) is 5.10 Å². The molecular formula is C20H19N5O2S. The third-order valence-electron chi connectivity index (χ3n) is 4.34. The highest BCUT2D eigenvalue weighted by Gasteiger charge is 2.24. The van der Waals surface area contributed by atoms with Crippen LogP contribution in [-0.4, -0.2) is 32.8 Å². The normalized spacial score (nSPS) is 10.9. The van der Waals surface area contributed by atoms with Crippen molar-refractivity contribution in [3.8, 4) is 5.75 Å². The van der Waals surface area contributed by atoms with Crippen molar-refractivity contribution in [3.63, 3.8) is 0 Å². The number of fused-ring (bicyclic) bond motifs is 1. The third kappa shape index (κ3) is 3.46. The molecule has 0 saturated carbocycles. The zero-order valence-corrected chi connectivity index (χ0v) is 16.4. The fourth-order valence-electron chi connectivity index (χ4n) is 2.92. The number of benzene rings is 1. The molecule has 28 heavy (non-hydrogen) atoms. The molecule has 0 saturated heterocycles. The third-order valence-corrected chi connectivity index (χ3v) is 5.38. The molecule has 0 atom stereocenters. The molecule has 3 aromatic heterocycles. The number of carbonyl (C=O) groups is 1. The first-order valence-electron chi connectivity index (χ1n) is 8.87. The predicted molar refractivity (Wildman–Crippen MR) is 109 cm³/mol. The minimum atomic E-state index is -0.156. The minimum absolute atomic E-state index is 0.156. The second kappa shape index (κ2) is 7.77. The van der Waals surface area contributed by atoms with Crippen molar-refractivity contribution in [2.45, 2.75) is 20.0 Å². The van der Waals surface area contributed by atoms with Crippen LogP contribution in [0.5, 0.6) is 5.75 Å². The summed E-state index contributed by atoms with van der Waals surface area (Å²) >= 11 is 1.45. The topological polar surface area (TPSA) is 73.1 Å². The van der Waals surface area contributed by atoms with Crippen LogP contribution in [0.15, 0.2) is 54.9 Å². The molecular weight excluding hydrogens is 374 g/mol. The van der Waals surface area contributed by atoms with Crippen LogP contribution < -0.4 is 9.64 Å². The lowest BCUT2D eigenvalue weighted by Crippen LogP contribution is -2.32. The zero-order chi connectivity index (χ0) is 19.5. The summed E-state index contributed by atoms with van der Waals surface area (Å²) in [6.07, 6.45) is 3.36. The minimum Gasteiger partial charge on any atom is -0.497 e. The fraction of sp³-hybridized carbons (Fsp3) is 0.200. The van der Waals surface area contributed by atoms with Gasteiger partial charge in [-0.15, -0.1) is 0 Å². The van der Waals surface area contributed by atoms with E-state index in [2.05, 4.69) is 15.1 Å². The lowest BCUT2D eigenvalue weighted by atomic mass is 10.3. The maximum atomic E-state index is 13.4. The number of nitrogens with zero attached hydrogens (tertiary/aromatic N) is 5. The lowest BCUT2D eigenvalue weighted by molar-refractivity contribution is 0.0974. The number of thiazole rings is 1. The summed E-state index contributed by atoms with van der Waals surface area (Å²) in [7, 11) is 1.63. The average Bonchev–Trinajstić information content (AvgIpc) is 3.38. The largest absolute Gasteiger partial charge is 0.497 e. The Morgan fingerprint density at radius 1 is 1.21 bits per heavy atom. The Morgan fingerprint density at radius 3 is 2.86 bits per heavy atom. The number of methoxy groups -OCH3 is 1. The van der Waals surface area contributed by atoms with Gasteiger partial charge in [-0.25, -0.2) is 4.98 Å². The molecule has 1 amide bonds. The second-order valence-electron chi connectivity index (χ2n) is 6.07. The van der Waals surface area contributed by atoms with E-state index in [4.69, 9.17) is 4.74 Å². The van der Waals surface area contributed by atoms with Crippen LogP contribution in [0.3, 0.4) is 0 Å². The van der Waals surface area contributed by atoms with Crippen LogP contribution in [0, 0.1) is 0 Å². The molecule has 1 aromatic carbocycles. The molecule has 3 heterocycles. The molecule has 4 rings (SSSR count). The van der Waals surface area contributed by atoms with Gasteiger partial charge in [0.05, 0.1) is 29.6 Å². The smallest absolute Gasteiger partial charge is 0.278 e. The van der Waals surface area contributed by atoms with E-state index in [0.717, 1.165) is 21.7 Å². The van der Waals surface area contributed by atoms with E-state index in [-0.39, 0.29) is 5.91 Å². The number of ether oxygens (including phenoxy) is 1. The molecule has 0 radical (unpaired) electrons. The molecule has 0 fully saturated rings. The molecule has 0 spiro atoms. The van der Waals surface area contributed by atoms with Gasteiger partial charge in [-0.1, -0.05) is 17.4 Å². The van der Waals surface area contributed by atoms with Crippen molar-refractivity contribution in [3.05, 3.63) is 66.2 Å². The van der Waals surface area contributed by atoms with Crippen LogP contribution >= 0.6 is 11.3 Å². The summed E-state index contributed by atoms with van der Waals surface area (Å²) in [4.78, 5) is 24.1. The summed E-state index contributed by atoms with van der Waals surface area (Å²) in [5, 5.41) is 4.84. The van der Waals surface area contributed by atoms with Crippen LogP contribution in [0.25, 0.3) is 10.2 Å². The first-order chi connectivity index (χ1) is 13.7. The van der Waals surface area contributed by atoms with Crippen molar-refractivity contribution in [2.24, 2.45) is 0 Å². The summed E-state index contributed by atoms with van der Waals surface area (Å²) in [6.45, 7) is 2.89. The highest BCUT2D eigenvalue weighted by Crippen LogP contribution is 2.32. The Hall–Kier alpha value is -3.26. The van der Waals surface area contributed by atoms with Gasteiger partial charge in [0, 0.05) is 18.9 Å². The molecule has 0 unspecified atom stereocenters. The number of carbonyl (C=O) groups excluding carboxylic acids is 1. The molecule has 142 valence electrons. The maximum Gasteiger partial charge on any atom is 0.278 e. The number of anilines is 1. The van der Waals surface area contributed by atoms with Gasteiger partial charge in [0.2, 0.25) is 0 Å². The van der Waals surface area contributed by atoms with E-state index in [1.54, 1.807) is 35.2 Å². The highest BCUT2D eigenvalue weighted by molar-refractivity contribution is 7.22. The number of aryl methyl sites for hydroxylation is 1. The Morgan fingerprint density at radius 2 is 2.11 bits per heavy atom. The number of pyridine rings is 1. The quantitative estimate of drug-likeness (QED) is 0.499. The Labute approximate surface area is 166 Å². The first kappa shape index (κ1) is 18.1. The van der Waals surface area contributed by atoms with Crippen molar-refractivity contribution in [2.75, 3.05) is 12.0 Å². The van der Waals surface area contributed by atoms with Gasteiger partial charge in [-0.05, 0) is 43.3 Å². The standard InChI is InChI=1S/C20H19N5O2S/c1-3-25-17(9-11-22-25)19(26)24(13-14-6-4-5-10-21-14)20-23-16-8-7-15(27-2)12-18(16)28-20/h4-12H,3,13H2,1-2H3. The zero-order valence-electron chi connectivity index (χ0n) is 15.6. The number of hydrogen-bond donors (Lipinski definition) is 0. The molecule has 8 heteroatoms. The summed E-state index contributed by atoms with van der Waals surface area (Å²) in [5.74, 6) is 0.602. The van der Waals surface area contributed by atoms with Crippen molar-refractivity contribution in [1.29, 1.82) is 0 Å². The Kier molecular flexibility index (Phi) is 5.03. The van der Waals surface area contributed by atoms with E-state index < -0.39 is 0 Å². The van der Waals surface area contributed by atoms with Gasteiger partial charge in [0.1, 0.15) is 11.4 Å². The summed E-state index contributed by atoms with van der Waals surface area (Å²) in [6, 6.07) is 13.1. The van der Waals surface area contributed by atoms with Crippen LogP contribution in [0.2, 0.25) is 0 Å². The van der Waals surface area contributed by atoms with Crippen molar-refractivity contribution >= 4 is 32.6 Å². The molecule has 0 aliphatic rings. The number of amides is 1. The molecule has 0 bridgehead atoms. The van der Waals surface area contributed by atoms with Gasteiger partial charge in [-0.3, -0.25) is 19.4 Å². The van der Waals surface area contributed by atoms with Crippen LogP contribution in [0.1, 0.15) is 23.1 Å². The average molecular weight is 393 g/mol. The van der Waals surface area contributed by atoms with E-state index in [0.29, 0.717) is 23.9 Å². The van der Waals surface area contributed by atoms with Gasteiger partial charge >= 0.3 is 0 Å². The highest BCUT2D eigenvalue weighted by atomic mass is 32.1. The monoisotopic (exact) mass is 393 g/mol. The van der Waals surface area contributed by atoms with E-state index in [9.17, 15) is 4.79 Å². The second-order valence-corrected chi connectivity index (χ2v) is 7.08. The summed E-state index contributed by atoms with van der Waals surface area (Å²) in [5.41, 5.74) is 2.13. The van der Waals surface area contributed by atoms with E-state index in [1.165, 1.54) is 11.3 Å². The predicted octanol–water partition coefficient (Wildman–Crippen LogP) is 3.76. The lowest BCUT2D eigenvalue weighted by Gasteiger charge is -2.19. The Bertz CT molecular complexity index is 1110. The molecule has 4 aromatic rings. The van der Waals surface area contributed by atoms with Gasteiger partial charge in [0.15, 0.2) is 5.13 Å². The van der Waals surface area contributed by atoms with Crippen molar-refractivity contribution < 1.29 is 9.53 Å². The van der Waals surface area contributed by atoms with Gasteiger partial charge in [0.25, 0.3) is 5.91 Å². The number of hydrogen-bond acceptors (Lipinski definition) is 6. The van der Waals surface area contributed by atoms with E-state index >= 15 is 0 Å². The molecule has 7 nitrogen and oxygen atoms in total. The maximum absolute atomic E-state index is 13.4. The van der Waals surface area contributed by atoms with Crippen molar-refractivity contribution in [1.82, 2.24) is 19.7 Å². The first-order valence-corrected chi connectivity index (χ1v) is 9.69. The molecule has 0 aliphatic carbocycles.